The Kier molecular flexibility index (Phi) is 4.83. The number of aryl methyl sites for hydroxylation is 1. The molecule has 84 valence electrons. The summed E-state index contributed by atoms with van der Waals surface area (Å²) in [7, 11) is 0. The molecule has 0 aliphatic carbocycles. The van der Waals surface area contributed by atoms with E-state index in [1.54, 1.807) is 6.92 Å². The fraction of sp³-hybridized carbons (Fsp3) is 0.600. The maximum atomic E-state index is 11.1. The van der Waals surface area contributed by atoms with Crippen LogP contribution in [0.1, 0.15) is 19.2 Å². The molecular weight excluding hydrogens is 192 g/mol. The van der Waals surface area contributed by atoms with E-state index in [0.29, 0.717) is 11.6 Å². The monoisotopic (exact) mass is 210 g/mol. The van der Waals surface area contributed by atoms with Gasteiger partial charge in [-0.05, 0) is 19.9 Å². The van der Waals surface area contributed by atoms with Crippen LogP contribution in [0.5, 0.6) is 0 Å². The molecule has 0 bridgehead atoms. The van der Waals surface area contributed by atoms with Crippen molar-refractivity contribution in [2.75, 3.05) is 25.0 Å². The second kappa shape index (κ2) is 6.19. The van der Waals surface area contributed by atoms with Crippen molar-refractivity contribution in [3.63, 3.8) is 0 Å². The highest BCUT2D eigenvalue weighted by atomic mass is 16.1. The third-order valence-corrected chi connectivity index (χ3v) is 1.89. The highest BCUT2D eigenvalue weighted by Gasteiger charge is 1.96. The minimum Gasteiger partial charge on any atom is -0.369 e. The van der Waals surface area contributed by atoms with Crippen LogP contribution in [0, 0.1) is 6.92 Å². The van der Waals surface area contributed by atoms with E-state index < -0.39 is 0 Å². The van der Waals surface area contributed by atoms with Crippen LogP contribution in [-0.4, -0.2) is 29.6 Å². The van der Waals surface area contributed by atoms with Crippen LogP contribution < -0.4 is 16.2 Å². The van der Waals surface area contributed by atoms with Crippen molar-refractivity contribution in [1.82, 2.24) is 15.3 Å². The van der Waals surface area contributed by atoms with Crippen molar-refractivity contribution in [1.29, 1.82) is 0 Å². The number of hydrogen-bond acceptors (Lipinski definition) is 4. The largest absolute Gasteiger partial charge is 0.369 e. The van der Waals surface area contributed by atoms with Crippen LogP contribution in [0.4, 0.5) is 5.82 Å². The van der Waals surface area contributed by atoms with E-state index >= 15 is 0 Å². The molecule has 5 heteroatoms. The van der Waals surface area contributed by atoms with Crippen molar-refractivity contribution in [2.45, 2.75) is 20.3 Å². The zero-order chi connectivity index (χ0) is 11.1. The number of nitrogens with one attached hydrogen (secondary N) is 3. The molecule has 3 N–H and O–H groups in total. The molecule has 0 radical (unpaired) electrons. The average Bonchev–Trinajstić information content (AvgIpc) is 2.16. The molecule has 0 amide bonds. The molecule has 0 aromatic carbocycles. The summed E-state index contributed by atoms with van der Waals surface area (Å²) in [6.45, 7) is 6.56. The lowest BCUT2D eigenvalue weighted by Gasteiger charge is -2.06. The average molecular weight is 210 g/mol. The number of nitrogens with zero attached hydrogens (tertiary/aromatic N) is 1. The van der Waals surface area contributed by atoms with E-state index in [-0.39, 0.29) is 5.56 Å². The Balaban J connectivity index is 2.34. The molecule has 1 heterocycles. The summed E-state index contributed by atoms with van der Waals surface area (Å²) in [5, 5.41) is 6.35. The van der Waals surface area contributed by atoms with Crippen LogP contribution in [0.2, 0.25) is 0 Å². The van der Waals surface area contributed by atoms with Gasteiger partial charge in [-0.2, -0.15) is 0 Å². The summed E-state index contributed by atoms with van der Waals surface area (Å²) in [6, 6.07) is 1.47. The summed E-state index contributed by atoms with van der Waals surface area (Å²) >= 11 is 0. The Bertz CT molecular complexity index is 348. The van der Waals surface area contributed by atoms with E-state index in [2.05, 4.69) is 27.5 Å². The van der Waals surface area contributed by atoms with E-state index in [1.165, 1.54) is 6.07 Å². The highest BCUT2D eigenvalue weighted by molar-refractivity contribution is 5.32. The van der Waals surface area contributed by atoms with Crippen molar-refractivity contribution in [3.05, 3.63) is 22.2 Å². The zero-order valence-electron chi connectivity index (χ0n) is 9.26. The fourth-order valence-corrected chi connectivity index (χ4v) is 1.25. The number of aromatic amines is 1. The first kappa shape index (κ1) is 11.7. The summed E-state index contributed by atoms with van der Waals surface area (Å²) in [4.78, 5) is 17.9. The minimum absolute atomic E-state index is 0.119. The Morgan fingerprint density at radius 1 is 1.40 bits per heavy atom. The van der Waals surface area contributed by atoms with Crippen LogP contribution >= 0.6 is 0 Å². The lowest BCUT2D eigenvalue weighted by Crippen LogP contribution is -2.23. The van der Waals surface area contributed by atoms with E-state index in [4.69, 9.17) is 0 Å². The molecule has 0 aliphatic rings. The van der Waals surface area contributed by atoms with Crippen molar-refractivity contribution >= 4 is 5.82 Å². The summed E-state index contributed by atoms with van der Waals surface area (Å²) in [6.07, 6.45) is 1.13. The van der Waals surface area contributed by atoms with Gasteiger partial charge < -0.3 is 15.6 Å². The Labute approximate surface area is 89.3 Å². The molecule has 0 atom stereocenters. The number of aromatic nitrogens is 2. The smallest absolute Gasteiger partial charge is 0.252 e. The first-order valence-electron chi connectivity index (χ1n) is 5.25. The highest BCUT2D eigenvalue weighted by Crippen LogP contribution is 1.96. The third kappa shape index (κ3) is 4.60. The normalized spacial score (nSPS) is 10.3. The lowest BCUT2D eigenvalue weighted by molar-refractivity contribution is 0.687. The second-order valence-electron chi connectivity index (χ2n) is 3.39. The Morgan fingerprint density at radius 2 is 2.20 bits per heavy atom. The zero-order valence-corrected chi connectivity index (χ0v) is 9.26. The maximum Gasteiger partial charge on any atom is 0.252 e. The van der Waals surface area contributed by atoms with E-state index in [9.17, 15) is 4.79 Å². The molecular formula is C10H18N4O. The van der Waals surface area contributed by atoms with Crippen molar-refractivity contribution in [2.24, 2.45) is 0 Å². The third-order valence-electron chi connectivity index (χ3n) is 1.89. The summed E-state index contributed by atoms with van der Waals surface area (Å²) in [5.74, 6) is 1.26. The van der Waals surface area contributed by atoms with Gasteiger partial charge in [-0.1, -0.05) is 6.92 Å². The van der Waals surface area contributed by atoms with E-state index in [1.807, 2.05) is 0 Å². The van der Waals surface area contributed by atoms with Crippen LogP contribution in [0.25, 0.3) is 0 Å². The predicted molar refractivity (Wildman–Crippen MR) is 61.2 cm³/mol. The van der Waals surface area contributed by atoms with Gasteiger partial charge in [0.2, 0.25) is 0 Å². The quantitative estimate of drug-likeness (QED) is 0.598. The first-order chi connectivity index (χ1) is 7.22. The number of anilines is 1. The molecule has 0 spiro atoms. The van der Waals surface area contributed by atoms with E-state index in [0.717, 1.165) is 26.1 Å². The number of hydrogen-bond donors (Lipinski definition) is 3. The Hall–Kier alpha value is -1.36. The second-order valence-corrected chi connectivity index (χ2v) is 3.39. The Morgan fingerprint density at radius 3 is 2.87 bits per heavy atom. The molecule has 0 unspecified atom stereocenters. The number of H-pyrrole nitrogens is 1. The van der Waals surface area contributed by atoms with Gasteiger partial charge >= 0.3 is 0 Å². The van der Waals surface area contributed by atoms with Gasteiger partial charge in [0.25, 0.3) is 5.56 Å². The van der Waals surface area contributed by atoms with Crippen molar-refractivity contribution < 1.29 is 0 Å². The van der Waals surface area contributed by atoms with Gasteiger partial charge in [0.1, 0.15) is 11.6 Å². The molecule has 1 rings (SSSR count). The fourth-order valence-electron chi connectivity index (χ4n) is 1.25. The van der Waals surface area contributed by atoms with Gasteiger partial charge in [0, 0.05) is 19.2 Å². The van der Waals surface area contributed by atoms with Gasteiger partial charge in [-0.25, -0.2) is 4.98 Å². The minimum atomic E-state index is -0.119. The molecule has 0 aliphatic heterocycles. The molecule has 0 fully saturated rings. The molecule has 1 aromatic rings. The predicted octanol–water partition coefficient (Wildman–Crippen LogP) is 0.490. The first-order valence-corrected chi connectivity index (χ1v) is 5.25. The molecule has 5 nitrogen and oxygen atoms in total. The standard InChI is InChI=1S/C10H18N4O/c1-3-4-11-5-6-12-9-7-10(15)14-8(2)13-9/h7,11H,3-6H2,1-2H3,(H2,12,13,14,15). The van der Waals surface area contributed by atoms with Gasteiger partial charge in [0.15, 0.2) is 0 Å². The van der Waals surface area contributed by atoms with Crippen LogP contribution in [-0.2, 0) is 0 Å². The van der Waals surface area contributed by atoms with Gasteiger partial charge in [0.05, 0.1) is 0 Å². The van der Waals surface area contributed by atoms with Crippen LogP contribution in [0.3, 0.4) is 0 Å². The number of rotatable bonds is 6. The topological polar surface area (TPSA) is 69.8 Å². The SMILES string of the molecule is CCCNCCNc1cc(=O)[nH]c(C)n1. The molecule has 0 saturated carbocycles. The molecule has 1 aromatic heterocycles. The summed E-state index contributed by atoms with van der Waals surface area (Å²) in [5.41, 5.74) is -0.119. The summed E-state index contributed by atoms with van der Waals surface area (Å²) < 4.78 is 0. The van der Waals surface area contributed by atoms with Crippen molar-refractivity contribution in [3.8, 4) is 0 Å². The van der Waals surface area contributed by atoms with Crippen LogP contribution in [0.15, 0.2) is 10.9 Å². The molecule has 15 heavy (non-hydrogen) atoms. The van der Waals surface area contributed by atoms with Gasteiger partial charge in [-0.15, -0.1) is 0 Å². The van der Waals surface area contributed by atoms with Gasteiger partial charge in [-0.3, -0.25) is 4.79 Å². The maximum absolute atomic E-state index is 11.1. The lowest BCUT2D eigenvalue weighted by atomic mass is 10.4. The molecule has 0 saturated heterocycles.